The van der Waals surface area contributed by atoms with Crippen molar-refractivity contribution in [3.05, 3.63) is 0 Å². The highest BCUT2D eigenvalue weighted by atomic mass is 28.3. The maximum atomic E-state index is 5.98. The number of hydroxylamine groups is 2. The van der Waals surface area contributed by atoms with E-state index in [-0.39, 0.29) is 0 Å². The van der Waals surface area contributed by atoms with Crippen LogP contribution in [0.3, 0.4) is 0 Å². The molecule has 0 aromatic carbocycles. The molecular weight excluding hydrogens is 262 g/mol. The van der Waals surface area contributed by atoms with Crippen molar-refractivity contribution in [1.82, 2.24) is 5.06 Å². The first-order chi connectivity index (χ1) is 9.47. The van der Waals surface area contributed by atoms with Gasteiger partial charge in [0, 0.05) is 18.5 Å². The van der Waals surface area contributed by atoms with Crippen LogP contribution in [0.2, 0.25) is 19.6 Å². The smallest absolute Gasteiger partial charge is 0.129 e. The molecule has 2 fully saturated rings. The fourth-order valence-corrected chi connectivity index (χ4v) is 4.05. The Morgan fingerprint density at radius 2 is 2.00 bits per heavy atom. The summed E-state index contributed by atoms with van der Waals surface area (Å²) in [5.41, 5.74) is 3.47. The van der Waals surface area contributed by atoms with E-state index >= 15 is 0 Å². The number of fused-ring (bicyclic) bond motifs is 1. The Labute approximate surface area is 126 Å². The molecular formula is C17H31NOSi. The first-order valence-corrected chi connectivity index (χ1v) is 11.9. The van der Waals surface area contributed by atoms with E-state index in [9.17, 15) is 0 Å². The van der Waals surface area contributed by atoms with Gasteiger partial charge in [0.15, 0.2) is 0 Å². The van der Waals surface area contributed by atoms with E-state index in [0.717, 1.165) is 18.9 Å². The third-order valence-electron chi connectivity index (χ3n) is 4.49. The molecule has 114 valence electrons. The van der Waals surface area contributed by atoms with Crippen molar-refractivity contribution < 1.29 is 4.84 Å². The summed E-state index contributed by atoms with van der Waals surface area (Å²) < 4.78 is 0. The Morgan fingerprint density at radius 1 is 1.20 bits per heavy atom. The van der Waals surface area contributed by atoms with Crippen molar-refractivity contribution >= 4 is 8.07 Å². The summed E-state index contributed by atoms with van der Waals surface area (Å²) in [6.07, 6.45) is 8.78. The topological polar surface area (TPSA) is 12.5 Å². The van der Waals surface area contributed by atoms with Crippen LogP contribution in [0, 0.1) is 17.4 Å². The summed E-state index contributed by atoms with van der Waals surface area (Å²) in [5, 5.41) is 2.36. The minimum absolute atomic E-state index is 0.644. The van der Waals surface area contributed by atoms with E-state index in [4.69, 9.17) is 4.84 Å². The van der Waals surface area contributed by atoms with Crippen LogP contribution in [0.15, 0.2) is 0 Å². The molecule has 0 aromatic heterocycles. The van der Waals surface area contributed by atoms with Crippen LogP contribution in [-0.2, 0) is 4.84 Å². The third-order valence-corrected chi connectivity index (χ3v) is 5.41. The number of unbranched alkanes of at least 4 members (excludes halogenated alkanes) is 1. The van der Waals surface area contributed by atoms with Crippen LogP contribution in [-0.4, -0.2) is 31.8 Å². The molecule has 0 spiro atoms. The largest absolute Gasteiger partial charge is 0.298 e. The van der Waals surface area contributed by atoms with E-state index in [1.54, 1.807) is 0 Å². The quantitative estimate of drug-likeness (QED) is 0.438. The molecule has 0 radical (unpaired) electrons. The molecule has 0 amide bonds. The van der Waals surface area contributed by atoms with Gasteiger partial charge in [-0.15, -0.1) is 11.5 Å². The van der Waals surface area contributed by atoms with Crippen LogP contribution in [0.4, 0.5) is 0 Å². The van der Waals surface area contributed by atoms with Gasteiger partial charge in [-0.3, -0.25) is 4.84 Å². The third kappa shape index (κ3) is 4.61. The summed E-state index contributed by atoms with van der Waals surface area (Å²) in [5.74, 6) is 4.20. The van der Waals surface area contributed by atoms with Gasteiger partial charge in [0.2, 0.25) is 0 Å². The molecule has 3 heteroatoms. The first kappa shape index (κ1) is 16.1. The molecule has 0 saturated carbocycles. The zero-order chi connectivity index (χ0) is 14.6. The number of rotatable bonds is 3. The number of hydrogen-bond donors (Lipinski definition) is 0. The highest BCUT2D eigenvalue weighted by Gasteiger charge is 2.37. The van der Waals surface area contributed by atoms with Gasteiger partial charge in [0.1, 0.15) is 8.07 Å². The van der Waals surface area contributed by atoms with Crippen LogP contribution < -0.4 is 0 Å². The molecule has 0 N–H and O–H groups in total. The van der Waals surface area contributed by atoms with Crippen LogP contribution in [0.25, 0.3) is 0 Å². The molecule has 2 rings (SSSR count). The average Bonchev–Trinajstić information content (AvgIpc) is 2.40. The minimum Gasteiger partial charge on any atom is -0.298 e. The molecule has 3 atom stereocenters. The molecule has 2 aliphatic heterocycles. The number of nitrogens with zero attached hydrogens (tertiary/aromatic N) is 1. The van der Waals surface area contributed by atoms with Crippen LogP contribution in [0.1, 0.15) is 51.9 Å². The second-order valence-corrected chi connectivity index (χ2v) is 12.3. The first-order valence-electron chi connectivity index (χ1n) is 8.38. The van der Waals surface area contributed by atoms with Crippen molar-refractivity contribution in [3.8, 4) is 11.5 Å². The molecule has 2 nitrogen and oxygen atoms in total. The van der Waals surface area contributed by atoms with Gasteiger partial charge in [-0.05, 0) is 44.4 Å². The standard InChI is InChI=1S/C17H31NOSi/c1-15-11-12-16(18-17(15)10-8-13-19-18)9-6-5-7-14-20(2,3)4/h15-17H,5-6,8-13H2,1-4H3/t15-,16-,17-/m1/s1. The lowest BCUT2D eigenvalue weighted by atomic mass is 9.84. The van der Waals surface area contributed by atoms with Gasteiger partial charge >= 0.3 is 0 Å². The van der Waals surface area contributed by atoms with Crippen molar-refractivity contribution in [1.29, 1.82) is 0 Å². The highest BCUT2D eigenvalue weighted by Crippen LogP contribution is 2.35. The SMILES string of the molecule is C[C@@H]1CC[C@@H](CCCC#C[Si](C)(C)C)N2OCCC[C@H]12. The van der Waals surface area contributed by atoms with Crippen molar-refractivity contribution in [2.45, 2.75) is 83.6 Å². The highest BCUT2D eigenvalue weighted by molar-refractivity contribution is 6.83. The monoisotopic (exact) mass is 293 g/mol. The molecule has 2 heterocycles. The number of hydrogen-bond acceptors (Lipinski definition) is 2. The lowest BCUT2D eigenvalue weighted by Gasteiger charge is -2.47. The van der Waals surface area contributed by atoms with E-state index in [2.05, 4.69) is 43.1 Å². The predicted octanol–water partition coefficient (Wildman–Crippen LogP) is 4.23. The molecule has 0 aromatic rings. The van der Waals surface area contributed by atoms with Gasteiger partial charge < -0.3 is 0 Å². The lowest BCUT2D eigenvalue weighted by Crippen LogP contribution is -2.52. The Morgan fingerprint density at radius 3 is 2.75 bits per heavy atom. The Hall–Kier alpha value is -0.303. The van der Waals surface area contributed by atoms with E-state index in [1.165, 1.54) is 38.5 Å². The Kier molecular flexibility index (Phi) is 5.71. The average molecular weight is 294 g/mol. The maximum absolute atomic E-state index is 5.98. The van der Waals surface area contributed by atoms with Crippen molar-refractivity contribution in [2.75, 3.05) is 6.61 Å². The maximum Gasteiger partial charge on any atom is 0.129 e. The summed E-state index contributed by atoms with van der Waals surface area (Å²) >= 11 is 0. The summed E-state index contributed by atoms with van der Waals surface area (Å²) in [6, 6.07) is 1.32. The minimum atomic E-state index is -1.18. The van der Waals surface area contributed by atoms with Crippen LogP contribution in [0.5, 0.6) is 0 Å². The van der Waals surface area contributed by atoms with Crippen molar-refractivity contribution in [2.24, 2.45) is 5.92 Å². The molecule has 0 bridgehead atoms. The zero-order valence-corrected chi connectivity index (χ0v) is 14.7. The Balaban J connectivity index is 1.78. The fraction of sp³-hybridized carbons (Fsp3) is 0.882. The number of piperidine rings is 1. The van der Waals surface area contributed by atoms with Gasteiger partial charge in [-0.2, -0.15) is 5.06 Å². The molecule has 0 aliphatic carbocycles. The summed E-state index contributed by atoms with van der Waals surface area (Å²) in [7, 11) is -1.18. The van der Waals surface area contributed by atoms with E-state index in [1.807, 2.05) is 0 Å². The van der Waals surface area contributed by atoms with E-state index < -0.39 is 8.07 Å². The molecule has 2 saturated heterocycles. The Bertz CT molecular complexity index is 365. The van der Waals surface area contributed by atoms with Gasteiger partial charge in [0.25, 0.3) is 0 Å². The fourth-order valence-electron chi connectivity index (χ4n) is 3.40. The second kappa shape index (κ2) is 7.11. The van der Waals surface area contributed by atoms with Gasteiger partial charge in [-0.1, -0.05) is 26.6 Å². The van der Waals surface area contributed by atoms with Gasteiger partial charge in [0.05, 0.1) is 6.61 Å². The van der Waals surface area contributed by atoms with Crippen molar-refractivity contribution in [3.63, 3.8) is 0 Å². The molecule has 2 aliphatic rings. The summed E-state index contributed by atoms with van der Waals surface area (Å²) in [4.78, 5) is 5.98. The molecule has 20 heavy (non-hydrogen) atoms. The zero-order valence-electron chi connectivity index (χ0n) is 13.7. The van der Waals surface area contributed by atoms with E-state index in [0.29, 0.717) is 12.1 Å². The van der Waals surface area contributed by atoms with Crippen LogP contribution >= 0.6 is 0 Å². The van der Waals surface area contributed by atoms with Gasteiger partial charge in [-0.25, -0.2) is 0 Å². The molecule has 0 unspecified atom stereocenters. The second-order valence-electron chi connectivity index (χ2n) is 7.56. The summed E-state index contributed by atoms with van der Waals surface area (Å²) in [6.45, 7) is 10.3. The predicted molar refractivity (Wildman–Crippen MR) is 88.0 cm³/mol. The normalized spacial score (nSPS) is 31.3. The lowest BCUT2D eigenvalue weighted by molar-refractivity contribution is -0.260.